The summed E-state index contributed by atoms with van der Waals surface area (Å²) in [6.45, 7) is 3.52. The number of hydrogen-bond acceptors (Lipinski definition) is 3. The number of nitrogens with one attached hydrogen (secondary N) is 1. The Hall–Kier alpha value is -1.57. The Balaban J connectivity index is 4.34. The second-order valence-electron chi connectivity index (χ2n) is 3.93. The van der Waals surface area contributed by atoms with Gasteiger partial charge in [0, 0.05) is 14.1 Å². The van der Waals surface area contributed by atoms with Crippen LogP contribution in [0.3, 0.4) is 0 Å². The largest absolute Gasteiger partial charge is 0.347 e. The highest BCUT2D eigenvalue weighted by Crippen LogP contribution is 2.05. The summed E-state index contributed by atoms with van der Waals surface area (Å²) < 4.78 is 0. The van der Waals surface area contributed by atoms with Gasteiger partial charge >= 0.3 is 0 Å². The molecule has 0 saturated carbocycles. The van der Waals surface area contributed by atoms with Crippen molar-refractivity contribution in [1.29, 1.82) is 5.26 Å². The Morgan fingerprint density at radius 2 is 2.00 bits per heavy atom. The van der Waals surface area contributed by atoms with E-state index in [1.165, 1.54) is 4.90 Å². The van der Waals surface area contributed by atoms with Crippen molar-refractivity contribution in [3.05, 3.63) is 0 Å². The first-order valence-corrected chi connectivity index (χ1v) is 5.35. The van der Waals surface area contributed by atoms with Crippen LogP contribution in [0.1, 0.15) is 26.7 Å². The van der Waals surface area contributed by atoms with Crippen LogP contribution in [0.4, 0.5) is 0 Å². The maximum absolute atomic E-state index is 11.6. The smallest absolute Gasteiger partial charge is 0.244 e. The van der Waals surface area contributed by atoms with E-state index >= 15 is 0 Å². The van der Waals surface area contributed by atoms with Crippen molar-refractivity contribution >= 4 is 11.8 Å². The summed E-state index contributed by atoms with van der Waals surface area (Å²) in [5.41, 5.74) is 0. The molecule has 5 nitrogen and oxygen atoms in total. The van der Waals surface area contributed by atoms with Gasteiger partial charge < -0.3 is 10.2 Å². The predicted molar refractivity (Wildman–Crippen MR) is 60.3 cm³/mol. The SMILES string of the molecule is CCCC(C#N)C(=O)NC(C)C(=O)N(C)C. The number of nitrogens with zero attached hydrogens (tertiary/aromatic N) is 2. The molecule has 0 aromatic heterocycles. The van der Waals surface area contributed by atoms with E-state index in [1.807, 2.05) is 13.0 Å². The van der Waals surface area contributed by atoms with Gasteiger partial charge in [0.15, 0.2) is 0 Å². The van der Waals surface area contributed by atoms with Crippen molar-refractivity contribution in [2.75, 3.05) is 14.1 Å². The normalized spacial score (nSPS) is 13.4. The van der Waals surface area contributed by atoms with Gasteiger partial charge in [0.05, 0.1) is 6.07 Å². The lowest BCUT2D eigenvalue weighted by Crippen LogP contribution is -2.46. The van der Waals surface area contributed by atoms with Gasteiger partial charge in [-0.25, -0.2) is 0 Å². The van der Waals surface area contributed by atoms with Crippen LogP contribution in [0.15, 0.2) is 0 Å². The summed E-state index contributed by atoms with van der Waals surface area (Å²) in [4.78, 5) is 24.5. The van der Waals surface area contributed by atoms with Crippen LogP contribution < -0.4 is 5.32 Å². The minimum Gasteiger partial charge on any atom is -0.347 e. The first-order chi connectivity index (χ1) is 7.43. The molecular formula is C11H19N3O2. The molecule has 90 valence electrons. The maximum Gasteiger partial charge on any atom is 0.244 e. The van der Waals surface area contributed by atoms with Gasteiger partial charge in [0.25, 0.3) is 0 Å². The summed E-state index contributed by atoms with van der Waals surface area (Å²) in [6.07, 6.45) is 1.28. The Morgan fingerprint density at radius 3 is 2.38 bits per heavy atom. The zero-order valence-corrected chi connectivity index (χ0v) is 10.3. The van der Waals surface area contributed by atoms with E-state index in [2.05, 4.69) is 5.32 Å². The van der Waals surface area contributed by atoms with Gasteiger partial charge in [-0.3, -0.25) is 9.59 Å². The van der Waals surface area contributed by atoms with Crippen molar-refractivity contribution in [3.63, 3.8) is 0 Å². The number of hydrogen-bond donors (Lipinski definition) is 1. The third kappa shape index (κ3) is 4.30. The number of likely N-dealkylation sites (N-methyl/N-ethyl adjacent to an activating group) is 1. The molecule has 0 rings (SSSR count). The van der Waals surface area contributed by atoms with Gasteiger partial charge in [-0.05, 0) is 13.3 Å². The molecule has 0 heterocycles. The number of nitriles is 1. The Labute approximate surface area is 96.4 Å². The van der Waals surface area contributed by atoms with Crippen LogP contribution >= 0.6 is 0 Å². The van der Waals surface area contributed by atoms with E-state index in [4.69, 9.17) is 5.26 Å². The average Bonchev–Trinajstić information content (AvgIpc) is 2.24. The van der Waals surface area contributed by atoms with Gasteiger partial charge in [-0.1, -0.05) is 13.3 Å². The molecule has 2 atom stereocenters. The molecule has 0 aliphatic heterocycles. The molecule has 0 bridgehead atoms. The number of carbonyl (C=O) groups is 2. The van der Waals surface area contributed by atoms with Crippen molar-refractivity contribution in [2.24, 2.45) is 5.92 Å². The van der Waals surface area contributed by atoms with Gasteiger partial charge in [-0.15, -0.1) is 0 Å². The molecule has 0 aromatic carbocycles. The molecule has 16 heavy (non-hydrogen) atoms. The molecule has 1 N–H and O–H groups in total. The molecular weight excluding hydrogens is 206 g/mol. The van der Waals surface area contributed by atoms with E-state index in [0.717, 1.165) is 6.42 Å². The molecule has 5 heteroatoms. The lowest BCUT2D eigenvalue weighted by molar-refractivity contribution is -0.134. The molecule has 2 amide bonds. The Morgan fingerprint density at radius 1 is 1.44 bits per heavy atom. The first-order valence-electron chi connectivity index (χ1n) is 5.35. The highest BCUT2D eigenvalue weighted by atomic mass is 16.2. The van der Waals surface area contributed by atoms with E-state index < -0.39 is 12.0 Å². The predicted octanol–water partition coefficient (Wildman–Crippen LogP) is 0.519. The first kappa shape index (κ1) is 14.4. The van der Waals surface area contributed by atoms with Crippen molar-refractivity contribution in [2.45, 2.75) is 32.7 Å². The molecule has 0 aromatic rings. The standard InChI is InChI=1S/C11H19N3O2/c1-5-6-9(7-12)10(15)13-8(2)11(16)14(3)4/h8-9H,5-6H2,1-4H3,(H,13,15). The van der Waals surface area contributed by atoms with E-state index in [0.29, 0.717) is 6.42 Å². The summed E-state index contributed by atoms with van der Waals surface area (Å²) in [7, 11) is 3.25. The van der Waals surface area contributed by atoms with E-state index in [9.17, 15) is 9.59 Å². The molecule has 0 aliphatic carbocycles. The highest BCUT2D eigenvalue weighted by molar-refractivity contribution is 5.88. The molecule has 0 radical (unpaired) electrons. The molecule has 2 unspecified atom stereocenters. The fourth-order valence-electron chi connectivity index (χ4n) is 1.31. The van der Waals surface area contributed by atoms with E-state index in [-0.39, 0.29) is 11.8 Å². The molecule has 0 spiro atoms. The van der Waals surface area contributed by atoms with Gasteiger partial charge in [0.2, 0.25) is 11.8 Å². The van der Waals surface area contributed by atoms with Crippen LogP contribution in [-0.4, -0.2) is 36.9 Å². The van der Waals surface area contributed by atoms with Crippen LogP contribution in [0, 0.1) is 17.2 Å². The quantitative estimate of drug-likeness (QED) is 0.741. The number of carbonyl (C=O) groups excluding carboxylic acids is 2. The lowest BCUT2D eigenvalue weighted by atomic mass is 10.0. The summed E-state index contributed by atoms with van der Waals surface area (Å²) >= 11 is 0. The summed E-state index contributed by atoms with van der Waals surface area (Å²) in [6, 6.07) is 1.35. The summed E-state index contributed by atoms with van der Waals surface area (Å²) in [5, 5.41) is 11.3. The minimum absolute atomic E-state index is 0.179. The third-order valence-corrected chi connectivity index (χ3v) is 2.22. The van der Waals surface area contributed by atoms with Crippen LogP contribution in [0.2, 0.25) is 0 Å². The second kappa shape index (κ2) is 6.83. The van der Waals surface area contributed by atoms with Crippen molar-refractivity contribution < 1.29 is 9.59 Å². The van der Waals surface area contributed by atoms with Crippen molar-refractivity contribution in [1.82, 2.24) is 10.2 Å². The lowest BCUT2D eigenvalue weighted by Gasteiger charge is -2.19. The van der Waals surface area contributed by atoms with Gasteiger partial charge in [-0.2, -0.15) is 5.26 Å². The van der Waals surface area contributed by atoms with E-state index in [1.54, 1.807) is 21.0 Å². The molecule has 0 saturated heterocycles. The van der Waals surface area contributed by atoms with Crippen molar-refractivity contribution in [3.8, 4) is 6.07 Å². The second-order valence-corrected chi connectivity index (χ2v) is 3.93. The third-order valence-electron chi connectivity index (χ3n) is 2.22. The topological polar surface area (TPSA) is 73.2 Å². The maximum atomic E-state index is 11.6. The zero-order chi connectivity index (χ0) is 12.7. The van der Waals surface area contributed by atoms with Gasteiger partial charge in [0.1, 0.15) is 12.0 Å². The number of rotatable bonds is 5. The zero-order valence-electron chi connectivity index (χ0n) is 10.3. The van der Waals surface area contributed by atoms with Crippen LogP contribution in [0.25, 0.3) is 0 Å². The Bertz CT molecular complexity index is 294. The minimum atomic E-state index is -0.664. The Kier molecular flexibility index (Phi) is 6.16. The fraction of sp³-hybridized carbons (Fsp3) is 0.727. The molecule has 0 aliphatic rings. The fourth-order valence-corrected chi connectivity index (χ4v) is 1.31. The monoisotopic (exact) mass is 225 g/mol. The highest BCUT2D eigenvalue weighted by Gasteiger charge is 2.22. The average molecular weight is 225 g/mol. The van der Waals surface area contributed by atoms with Crippen LogP contribution in [-0.2, 0) is 9.59 Å². The van der Waals surface area contributed by atoms with Crippen LogP contribution in [0.5, 0.6) is 0 Å². The molecule has 0 fully saturated rings. The summed E-state index contributed by atoms with van der Waals surface area (Å²) in [5.74, 6) is -1.21. The number of amides is 2.